The topological polar surface area (TPSA) is 75.3 Å². The molecule has 162 valence electrons. The van der Waals surface area contributed by atoms with E-state index in [1.807, 2.05) is 26.0 Å². The normalized spacial score (nSPS) is 20.9. The van der Waals surface area contributed by atoms with Gasteiger partial charge in [-0.25, -0.2) is 9.97 Å². The summed E-state index contributed by atoms with van der Waals surface area (Å²) in [5, 5.41) is 11.8. The highest BCUT2D eigenvalue weighted by molar-refractivity contribution is 7.99. The van der Waals surface area contributed by atoms with Gasteiger partial charge < -0.3 is 15.7 Å². The average molecular weight is 467 g/mol. The Morgan fingerprint density at radius 3 is 2.53 bits per heavy atom. The molecule has 1 saturated heterocycles. The van der Waals surface area contributed by atoms with Gasteiger partial charge in [0.05, 0.1) is 22.3 Å². The second kappa shape index (κ2) is 8.83. The molecule has 3 N–H and O–H groups in total. The fraction of sp³-hybridized carbons (Fsp3) is 0.545. The number of aliphatic hydroxyl groups excluding tert-OH is 1. The number of benzene rings is 1. The first-order chi connectivity index (χ1) is 14.3. The number of rotatable bonds is 4. The maximum atomic E-state index is 10.0. The van der Waals surface area contributed by atoms with E-state index >= 15 is 0 Å². The van der Waals surface area contributed by atoms with Crippen LogP contribution in [0.15, 0.2) is 22.1 Å². The van der Waals surface area contributed by atoms with Crippen molar-refractivity contribution in [3.05, 3.63) is 39.1 Å². The number of aliphatic hydroxyl groups is 1. The standard InChI is InChI=1S/C22H28Cl2N4OS/c1-13-5-6-16(19(24)18(13)23)30-21-14(2)26-20(15(12-29)27-21)28-10-8-22(9-11-28)7-3-4-17(22)25/h5-6,17,29H,3-4,7-12,25H2,1-2H3/t17-/m1/s1. The Morgan fingerprint density at radius 2 is 1.90 bits per heavy atom. The summed E-state index contributed by atoms with van der Waals surface area (Å²) in [5.74, 6) is 0.786. The predicted molar refractivity (Wildman–Crippen MR) is 124 cm³/mol. The highest BCUT2D eigenvalue weighted by Crippen LogP contribution is 2.46. The summed E-state index contributed by atoms with van der Waals surface area (Å²) < 4.78 is 0. The molecule has 0 bridgehead atoms. The van der Waals surface area contributed by atoms with Crippen molar-refractivity contribution in [1.29, 1.82) is 0 Å². The van der Waals surface area contributed by atoms with Crippen molar-refractivity contribution in [3.63, 3.8) is 0 Å². The first kappa shape index (κ1) is 22.2. The third-order valence-electron chi connectivity index (χ3n) is 6.71. The van der Waals surface area contributed by atoms with Crippen molar-refractivity contribution in [2.24, 2.45) is 11.1 Å². The zero-order chi connectivity index (χ0) is 21.5. The van der Waals surface area contributed by atoms with Gasteiger partial charge in [0.2, 0.25) is 0 Å². The van der Waals surface area contributed by atoms with Crippen LogP contribution in [-0.4, -0.2) is 34.2 Å². The number of aromatic nitrogens is 2. The molecule has 1 spiro atoms. The van der Waals surface area contributed by atoms with Gasteiger partial charge in [-0.15, -0.1) is 0 Å². The van der Waals surface area contributed by atoms with E-state index in [1.165, 1.54) is 24.6 Å². The monoisotopic (exact) mass is 466 g/mol. The van der Waals surface area contributed by atoms with Crippen LogP contribution in [0.4, 0.5) is 5.82 Å². The number of anilines is 1. The van der Waals surface area contributed by atoms with Gasteiger partial charge in [0.25, 0.3) is 0 Å². The summed E-state index contributed by atoms with van der Waals surface area (Å²) in [6, 6.07) is 4.20. The highest BCUT2D eigenvalue weighted by atomic mass is 35.5. The molecule has 2 aromatic rings. The number of nitrogens with zero attached hydrogens (tertiary/aromatic N) is 3. The van der Waals surface area contributed by atoms with Gasteiger partial charge in [-0.05, 0) is 56.6 Å². The lowest BCUT2D eigenvalue weighted by Crippen LogP contribution is -2.47. The Hall–Kier alpha value is -1.05. The van der Waals surface area contributed by atoms with Crippen molar-refractivity contribution in [2.45, 2.75) is 68.5 Å². The SMILES string of the molecule is Cc1ccc(Sc2nc(CO)c(N3CCC4(CCC[C@H]4N)CC3)nc2C)c(Cl)c1Cl. The first-order valence-electron chi connectivity index (χ1n) is 10.5. The summed E-state index contributed by atoms with van der Waals surface area (Å²) in [6.45, 7) is 5.52. The molecule has 1 aliphatic heterocycles. The zero-order valence-corrected chi connectivity index (χ0v) is 19.7. The van der Waals surface area contributed by atoms with E-state index < -0.39 is 0 Å². The maximum Gasteiger partial charge on any atom is 0.153 e. The molecule has 30 heavy (non-hydrogen) atoms. The van der Waals surface area contributed by atoms with Crippen molar-refractivity contribution < 1.29 is 5.11 Å². The minimum atomic E-state index is -0.153. The molecule has 1 aromatic carbocycles. The van der Waals surface area contributed by atoms with Crippen LogP contribution in [0.5, 0.6) is 0 Å². The molecule has 2 heterocycles. The second-order valence-electron chi connectivity index (χ2n) is 8.50. The molecule has 1 aliphatic carbocycles. The van der Waals surface area contributed by atoms with Crippen molar-refractivity contribution in [1.82, 2.24) is 9.97 Å². The van der Waals surface area contributed by atoms with Crippen LogP contribution in [0.25, 0.3) is 0 Å². The van der Waals surface area contributed by atoms with Gasteiger partial charge in [-0.1, -0.05) is 47.5 Å². The van der Waals surface area contributed by atoms with Crippen molar-refractivity contribution in [2.75, 3.05) is 18.0 Å². The quantitative estimate of drug-likeness (QED) is 0.649. The molecule has 2 aliphatic rings. The van der Waals surface area contributed by atoms with Gasteiger partial charge in [0.15, 0.2) is 5.82 Å². The van der Waals surface area contributed by atoms with E-state index in [2.05, 4.69) is 4.90 Å². The third-order valence-corrected chi connectivity index (χ3v) is 8.94. The lowest BCUT2D eigenvalue weighted by molar-refractivity contribution is 0.196. The molecule has 1 saturated carbocycles. The smallest absolute Gasteiger partial charge is 0.153 e. The Bertz CT molecular complexity index is 947. The van der Waals surface area contributed by atoms with Crippen LogP contribution >= 0.6 is 35.0 Å². The Labute approximate surface area is 192 Å². The van der Waals surface area contributed by atoms with Crippen LogP contribution in [-0.2, 0) is 6.61 Å². The highest BCUT2D eigenvalue weighted by Gasteiger charge is 2.43. The second-order valence-corrected chi connectivity index (χ2v) is 10.3. The Balaban J connectivity index is 1.57. The number of hydrogen-bond acceptors (Lipinski definition) is 6. The van der Waals surface area contributed by atoms with Gasteiger partial charge in [0.1, 0.15) is 10.7 Å². The summed E-state index contributed by atoms with van der Waals surface area (Å²) in [4.78, 5) is 12.7. The fourth-order valence-electron chi connectivity index (χ4n) is 4.74. The Kier molecular flexibility index (Phi) is 6.52. The van der Waals surface area contributed by atoms with Crippen molar-refractivity contribution in [3.8, 4) is 0 Å². The third kappa shape index (κ3) is 4.05. The number of halogens is 2. The van der Waals surface area contributed by atoms with Crippen molar-refractivity contribution >= 4 is 40.8 Å². The van der Waals surface area contributed by atoms with Gasteiger partial charge in [0, 0.05) is 24.0 Å². The number of aryl methyl sites for hydroxylation is 2. The molecule has 0 unspecified atom stereocenters. The minimum absolute atomic E-state index is 0.153. The minimum Gasteiger partial charge on any atom is -0.390 e. The summed E-state index contributed by atoms with van der Waals surface area (Å²) in [7, 11) is 0. The van der Waals surface area contributed by atoms with E-state index in [-0.39, 0.29) is 12.0 Å². The largest absolute Gasteiger partial charge is 0.390 e. The summed E-state index contributed by atoms with van der Waals surface area (Å²) >= 11 is 14.2. The molecule has 2 fully saturated rings. The molecule has 4 rings (SSSR count). The van der Waals surface area contributed by atoms with E-state index in [1.54, 1.807) is 0 Å². The van der Waals surface area contributed by atoms with Gasteiger partial charge in [-0.2, -0.15) is 0 Å². The molecule has 5 nitrogen and oxygen atoms in total. The summed E-state index contributed by atoms with van der Waals surface area (Å²) in [5.41, 5.74) is 9.07. The lowest BCUT2D eigenvalue weighted by Gasteiger charge is -2.42. The number of piperidine rings is 1. The van der Waals surface area contributed by atoms with E-state index in [9.17, 15) is 5.11 Å². The molecule has 0 amide bonds. The van der Waals surface area contributed by atoms with Gasteiger partial charge >= 0.3 is 0 Å². The molecule has 0 radical (unpaired) electrons. The predicted octanol–water partition coefficient (Wildman–Crippen LogP) is 5.14. The molecule has 8 heteroatoms. The maximum absolute atomic E-state index is 10.0. The molecule has 1 atom stereocenters. The zero-order valence-electron chi connectivity index (χ0n) is 17.4. The average Bonchev–Trinajstić information content (AvgIpc) is 3.09. The van der Waals surface area contributed by atoms with Crippen LogP contribution in [0.2, 0.25) is 10.0 Å². The fourth-order valence-corrected chi connectivity index (χ4v) is 6.18. The van der Waals surface area contributed by atoms with E-state index in [4.69, 9.17) is 38.9 Å². The van der Waals surface area contributed by atoms with Crippen LogP contribution < -0.4 is 10.6 Å². The molecule has 1 aromatic heterocycles. The van der Waals surface area contributed by atoms with E-state index in [0.717, 1.165) is 59.3 Å². The van der Waals surface area contributed by atoms with E-state index in [0.29, 0.717) is 21.8 Å². The lowest BCUT2D eigenvalue weighted by atomic mass is 9.74. The van der Waals surface area contributed by atoms with Crippen LogP contribution in [0, 0.1) is 19.3 Å². The van der Waals surface area contributed by atoms with Crippen LogP contribution in [0.3, 0.4) is 0 Å². The Morgan fingerprint density at radius 1 is 1.17 bits per heavy atom. The molecular weight excluding hydrogens is 439 g/mol. The molecular formula is C22H28Cl2N4OS. The van der Waals surface area contributed by atoms with Crippen LogP contribution in [0.1, 0.15) is 49.1 Å². The summed E-state index contributed by atoms with van der Waals surface area (Å²) in [6.07, 6.45) is 5.76. The van der Waals surface area contributed by atoms with Gasteiger partial charge in [-0.3, -0.25) is 0 Å². The number of hydrogen-bond donors (Lipinski definition) is 2. The number of nitrogens with two attached hydrogens (primary N) is 1. The first-order valence-corrected chi connectivity index (χ1v) is 12.0.